The van der Waals surface area contributed by atoms with Gasteiger partial charge in [0.25, 0.3) is 0 Å². The zero-order valence-corrected chi connectivity index (χ0v) is 13.3. The summed E-state index contributed by atoms with van der Waals surface area (Å²) in [5, 5.41) is 3.44. The van der Waals surface area contributed by atoms with Crippen LogP contribution in [0.1, 0.15) is 36.5 Å². The number of nitrogens with one attached hydrogen (secondary N) is 1. The highest BCUT2D eigenvalue weighted by Crippen LogP contribution is 2.15. The van der Waals surface area contributed by atoms with Crippen molar-refractivity contribution in [2.75, 3.05) is 6.54 Å². The maximum atomic E-state index is 13.2. The monoisotopic (exact) mass is 289 g/mol. The van der Waals surface area contributed by atoms with Crippen LogP contribution < -0.4 is 5.32 Å². The zero-order chi connectivity index (χ0) is 15.4. The van der Waals surface area contributed by atoms with Gasteiger partial charge in [-0.15, -0.1) is 0 Å². The Labute approximate surface area is 126 Å². The van der Waals surface area contributed by atoms with Crippen molar-refractivity contribution in [2.24, 2.45) is 5.92 Å². The van der Waals surface area contributed by atoms with E-state index < -0.39 is 0 Å². The van der Waals surface area contributed by atoms with Crippen LogP contribution in [0.4, 0.5) is 4.39 Å². The number of benzene rings is 1. The van der Waals surface area contributed by atoms with Crippen molar-refractivity contribution in [1.82, 2.24) is 14.9 Å². The van der Waals surface area contributed by atoms with Crippen LogP contribution in [0.25, 0.3) is 0 Å². The lowest BCUT2D eigenvalue weighted by Crippen LogP contribution is -2.21. The molecular formula is C17H24FN3. The molecule has 0 spiro atoms. The van der Waals surface area contributed by atoms with E-state index in [1.165, 1.54) is 6.07 Å². The van der Waals surface area contributed by atoms with Gasteiger partial charge in [-0.05, 0) is 49.6 Å². The van der Waals surface area contributed by atoms with Gasteiger partial charge in [0, 0.05) is 19.3 Å². The van der Waals surface area contributed by atoms with E-state index in [0.29, 0.717) is 5.92 Å². The Morgan fingerprint density at radius 2 is 2.05 bits per heavy atom. The Morgan fingerprint density at radius 1 is 1.29 bits per heavy atom. The molecule has 0 aliphatic heterocycles. The van der Waals surface area contributed by atoms with E-state index in [-0.39, 0.29) is 5.82 Å². The van der Waals surface area contributed by atoms with Gasteiger partial charge in [0.1, 0.15) is 11.6 Å². The molecule has 1 aromatic heterocycles. The lowest BCUT2D eigenvalue weighted by Gasteiger charge is -2.14. The minimum absolute atomic E-state index is 0.183. The zero-order valence-electron chi connectivity index (χ0n) is 13.3. The fraction of sp³-hybridized carbons (Fsp3) is 0.471. The second-order valence-corrected chi connectivity index (χ2v) is 5.98. The van der Waals surface area contributed by atoms with Gasteiger partial charge in [0.15, 0.2) is 0 Å². The number of aromatic nitrogens is 2. The van der Waals surface area contributed by atoms with Crippen LogP contribution in [0.15, 0.2) is 24.4 Å². The second kappa shape index (κ2) is 6.85. The Kier molecular flexibility index (Phi) is 5.12. The van der Waals surface area contributed by atoms with Gasteiger partial charge < -0.3 is 9.88 Å². The minimum atomic E-state index is -0.183. The molecule has 4 heteroatoms. The number of aryl methyl sites for hydroxylation is 2. The molecule has 114 valence electrons. The Balaban J connectivity index is 2.13. The van der Waals surface area contributed by atoms with Gasteiger partial charge in [0.2, 0.25) is 0 Å². The predicted octanol–water partition coefficient (Wildman–Crippen LogP) is 3.43. The molecule has 0 aliphatic rings. The van der Waals surface area contributed by atoms with Gasteiger partial charge >= 0.3 is 0 Å². The van der Waals surface area contributed by atoms with Gasteiger partial charge in [-0.2, -0.15) is 0 Å². The summed E-state index contributed by atoms with van der Waals surface area (Å²) >= 11 is 0. The van der Waals surface area contributed by atoms with Gasteiger partial charge in [-0.3, -0.25) is 0 Å². The Bertz CT molecular complexity index is 602. The quantitative estimate of drug-likeness (QED) is 0.883. The molecule has 3 nitrogen and oxygen atoms in total. The third kappa shape index (κ3) is 4.14. The molecule has 0 unspecified atom stereocenters. The third-order valence-electron chi connectivity index (χ3n) is 3.63. The van der Waals surface area contributed by atoms with Crippen molar-refractivity contribution in [3.63, 3.8) is 0 Å². The number of nitrogens with zero attached hydrogens (tertiary/aromatic N) is 2. The SMILES string of the molecule is Cc1cc(F)ccc1Cn1c(CNCC(C)C)cnc1C. The first-order chi connectivity index (χ1) is 9.97. The van der Waals surface area contributed by atoms with E-state index in [1.54, 1.807) is 6.07 Å². The van der Waals surface area contributed by atoms with Crippen LogP contribution in [0.5, 0.6) is 0 Å². The molecule has 0 atom stereocenters. The summed E-state index contributed by atoms with van der Waals surface area (Å²) in [4.78, 5) is 4.41. The summed E-state index contributed by atoms with van der Waals surface area (Å²) in [6, 6.07) is 4.96. The van der Waals surface area contributed by atoms with E-state index in [0.717, 1.165) is 42.3 Å². The van der Waals surface area contributed by atoms with Crippen LogP contribution in [-0.2, 0) is 13.1 Å². The maximum absolute atomic E-state index is 13.2. The van der Waals surface area contributed by atoms with E-state index in [9.17, 15) is 4.39 Å². The molecule has 0 fully saturated rings. The van der Waals surface area contributed by atoms with E-state index in [4.69, 9.17) is 0 Å². The van der Waals surface area contributed by atoms with E-state index in [1.807, 2.05) is 26.1 Å². The molecule has 0 amide bonds. The average Bonchev–Trinajstić information content (AvgIpc) is 2.74. The molecule has 0 aliphatic carbocycles. The molecule has 0 radical (unpaired) electrons. The number of hydrogen-bond donors (Lipinski definition) is 1. The van der Waals surface area contributed by atoms with Gasteiger partial charge in [0.05, 0.1) is 5.69 Å². The lowest BCUT2D eigenvalue weighted by atomic mass is 10.1. The van der Waals surface area contributed by atoms with Crippen LogP contribution in [0.3, 0.4) is 0 Å². The second-order valence-electron chi connectivity index (χ2n) is 5.98. The summed E-state index contributed by atoms with van der Waals surface area (Å²) in [6.07, 6.45) is 1.92. The van der Waals surface area contributed by atoms with Crippen molar-refractivity contribution < 1.29 is 4.39 Å². The lowest BCUT2D eigenvalue weighted by molar-refractivity contribution is 0.537. The minimum Gasteiger partial charge on any atom is -0.327 e. The summed E-state index contributed by atoms with van der Waals surface area (Å²) in [6.45, 7) is 10.9. The summed E-state index contributed by atoms with van der Waals surface area (Å²) < 4.78 is 15.4. The molecule has 0 bridgehead atoms. The van der Waals surface area contributed by atoms with Crippen molar-refractivity contribution in [3.8, 4) is 0 Å². The first-order valence-corrected chi connectivity index (χ1v) is 7.44. The molecule has 1 aromatic carbocycles. The van der Waals surface area contributed by atoms with Gasteiger partial charge in [-0.25, -0.2) is 9.37 Å². The fourth-order valence-electron chi connectivity index (χ4n) is 2.37. The largest absolute Gasteiger partial charge is 0.327 e. The normalized spacial score (nSPS) is 11.3. The van der Waals surface area contributed by atoms with E-state index in [2.05, 4.69) is 28.7 Å². The van der Waals surface area contributed by atoms with Crippen LogP contribution in [0, 0.1) is 25.6 Å². The standard InChI is InChI=1S/C17H24FN3/c1-12(2)8-19-9-17-10-20-14(4)21(17)11-15-5-6-16(18)7-13(15)3/h5-7,10,12,19H,8-9,11H2,1-4H3. The molecule has 1 heterocycles. The molecule has 21 heavy (non-hydrogen) atoms. The molecule has 2 rings (SSSR count). The maximum Gasteiger partial charge on any atom is 0.123 e. The highest BCUT2D eigenvalue weighted by atomic mass is 19.1. The van der Waals surface area contributed by atoms with Crippen molar-refractivity contribution in [1.29, 1.82) is 0 Å². The highest BCUT2D eigenvalue weighted by molar-refractivity contribution is 5.27. The topological polar surface area (TPSA) is 29.9 Å². The number of hydrogen-bond acceptors (Lipinski definition) is 2. The first kappa shape index (κ1) is 15.7. The number of imidazole rings is 1. The highest BCUT2D eigenvalue weighted by Gasteiger charge is 2.09. The van der Waals surface area contributed by atoms with Crippen molar-refractivity contribution in [2.45, 2.75) is 40.8 Å². The summed E-state index contributed by atoms with van der Waals surface area (Å²) in [5.74, 6) is 1.43. The average molecular weight is 289 g/mol. The Hall–Kier alpha value is -1.68. The van der Waals surface area contributed by atoms with E-state index >= 15 is 0 Å². The summed E-state index contributed by atoms with van der Waals surface area (Å²) in [5.41, 5.74) is 3.27. The molecule has 2 aromatic rings. The molecule has 0 saturated carbocycles. The first-order valence-electron chi connectivity index (χ1n) is 7.44. The fourth-order valence-corrected chi connectivity index (χ4v) is 2.37. The number of rotatable bonds is 6. The number of halogens is 1. The molecule has 1 N–H and O–H groups in total. The van der Waals surface area contributed by atoms with Gasteiger partial charge in [-0.1, -0.05) is 19.9 Å². The predicted molar refractivity (Wildman–Crippen MR) is 83.7 cm³/mol. The van der Waals surface area contributed by atoms with Crippen molar-refractivity contribution in [3.05, 3.63) is 52.9 Å². The third-order valence-corrected chi connectivity index (χ3v) is 3.63. The van der Waals surface area contributed by atoms with Crippen LogP contribution >= 0.6 is 0 Å². The smallest absolute Gasteiger partial charge is 0.123 e. The molecule has 0 saturated heterocycles. The van der Waals surface area contributed by atoms with Crippen LogP contribution in [-0.4, -0.2) is 16.1 Å². The van der Waals surface area contributed by atoms with Crippen molar-refractivity contribution >= 4 is 0 Å². The molecular weight excluding hydrogens is 265 g/mol. The van der Waals surface area contributed by atoms with Crippen LogP contribution in [0.2, 0.25) is 0 Å². The Morgan fingerprint density at radius 3 is 2.71 bits per heavy atom. The summed E-state index contributed by atoms with van der Waals surface area (Å²) in [7, 11) is 0.